The van der Waals surface area contributed by atoms with Gasteiger partial charge in [0.1, 0.15) is 5.75 Å². The summed E-state index contributed by atoms with van der Waals surface area (Å²) in [6.45, 7) is 5.03. The number of fused-ring (bicyclic) bond motifs is 1. The van der Waals surface area contributed by atoms with Crippen LogP contribution in [0.1, 0.15) is 25.3 Å². The molecule has 29 heavy (non-hydrogen) atoms. The lowest BCUT2D eigenvalue weighted by atomic mass is 9.79. The summed E-state index contributed by atoms with van der Waals surface area (Å²) in [5, 5.41) is 0. The van der Waals surface area contributed by atoms with E-state index in [1.54, 1.807) is 18.9 Å². The molecule has 3 heterocycles. The van der Waals surface area contributed by atoms with Crippen LogP contribution in [0.4, 0.5) is 0 Å². The van der Waals surface area contributed by atoms with Crippen molar-refractivity contribution in [1.29, 1.82) is 0 Å². The lowest BCUT2D eigenvalue weighted by Crippen LogP contribution is -2.49. The molecule has 1 aromatic rings. The Morgan fingerprint density at radius 1 is 1.07 bits per heavy atom. The molecule has 3 aliphatic heterocycles. The van der Waals surface area contributed by atoms with Gasteiger partial charge < -0.3 is 19.4 Å². The molecule has 3 saturated heterocycles. The van der Waals surface area contributed by atoms with Crippen LogP contribution in [0.25, 0.3) is 0 Å². The van der Waals surface area contributed by atoms with Gasteiger partial charge in [-0.2, -0.15) is 0 Å². The fourth-order valence-electron chi connectivity index (χ4n) is 5.10. The van der Waals surface area contributed by atoms with Crippen molar-refractivity contribution in [2.24, 2.45) is 11.3 Å². The molecule has 3 fully saturated rings. The van der Waals surface area contributed by atoms with E-state index in [4.69, 9.17) is 4.74 Å². The van der Waals surface area contributed by atoms with E-state index < -0.39 is 5.41 Å². The Bertz CT molecular complexity index is 820. The molecule has 7 heteroatoms. The number of likely N-dealkylation sites (tertiary alicyclic amines) is 3. The molecule has 0 saturated carbocycles. The Morgan fingerprint density at radius 2 is 1.76 bits per heavy atom. The normalized spacial score (nSPS) is 26.0. The second kappa shape index (κ2) is 7.69. The number of benzene rings is 1. The zero-order valence-corrected chi connectivity index (χ0v) is 17.2. The summed E-state index contributed by atoms with van der Waals surface area (Å²) in [5.74, 6) is 0.887. The number of carbonyl (C=O) groups excluding carboxylic acids is 3. The molecule has 0 aromatic heterocycles. The van der Waals surface area contributed by atoms with Crippen molar-refractivity contribution in [1.82, 2.24) is 14.7 Å². The number of rotatable bonds is 4. The van der Waals surface area contributed by atoms with Crippen molar-refractivity contribution in [2.75, 3.05) is 46.4 Å². The van der Waals surface area contributed by atoms with Crippen LogP contribution in [0.5, 0.6) is 5.75 Å². The van der Waals surface area contributed by atoms with E-state index >= 15 is 0 Å². The van der Waals surface area contributed by atoms with Gasteiger partial charge in [0.25, 0.3) is 0 Å². The molecule has 0 N–H and O–H groups in total. The summed E-state index contributed by atoms with van der Waals surface area (Å²) in [6, 6.07) is 7.52. The zero-order valence-electron chi connectivity index (χ0n) is 17.2. The minimum absolute atomic E-state index is 0.00209. The minimum Gasteiger partial charge on any atom is -0.497 e. The van der Waals surface area contributed by atoms with E-state index in [9.17, 15) is 14.4 Å². The molecule has 0 bridgehead atoms. The van der Waals surface area contributed by atoms with Crippen LogP contribution in [0.3, 0.4) is 0 Å². The lowest BCUT2D eigenvalue weighted by Gasteiger charge is -2.32. The highest BCUT2D eigenvalue weighted by atomic mass is 16.5. The topological polar surface area (TPSA) is 70.2 Å². The summed E-state index contributed by atoms with van der Waals surface area (Å²) in [5.41, 5.74) is 0.247. The highest BCUT2D eigenvalue weighted by Crippen LogP contribution is 2.44. The number of carbonyl (C=O) groups is 3. The molecule has 156 valence electrons. The zero-order chi connectivity index (χ0) is 20.6. The number of methoxy groups -OCH3 is 1. The third-order valence-corrected chi connectivity index (χ3v) is 6.72. The van der Waals surface area contributed by atoms with Crippen LogP contribution in [-0.2, 0) is 20.8 Å². The van der Waals surface area contributed by atoms with Crippen molar-refractivity contribution >= 4 is 17.7 Å². The van der Waals surface area contributed by atoms with Gasteiger partial charge in [-0.1, -0.05) is 12.1 Å². The number of nitrogens with zero attached hydrogens (tertiary/aromatic N) is 3. The maximum atomic E-state index is 13.5. The fourth-order valence-corrected chi connectivity index (χ4v) is 5.10. The van der Waals surface area contributed by atoms with Gasteiger partial charge in [-0.25, -0.2) is 0 Å². The Labute approximate surface area is 171 Å². The Balaban J connectivity index is 1.52. The largest absolute Gasteiger partial charge is 0.497 e. The SMILES string of the molecule is COc1cccc(CC(=O)N2C[C@@H]3CN(C(C)=O)C[C@]3(C(=O)N3CCCC3)C2)c1. The molecule has 3 aliphatic rings. The molecule has 0 radical (unpaired) electrons. The molecule has 0 unspecified atom stereocenters. The summed E-state index contributed by atoms with van der Waals surface area (Å²) in [6.07, 6.45) is 2.34. The number of hydrogen-bond acceptors (Lipinski definition) is 4. The standard InChI is InChI=1S/C22H29N3O4/c1-16(26)24-12-18-13-25(20(27)11-17-6-5-7-19(10-17)29-2)15-22(18,14-24)21(28)23-8-3-4-9-23/h5-7,10,18H,3-4,8-9,11-15H2,1-2H3/t18-,22-/m0/s1. The van der Waals surface area contributed by atoms with Crippen LogP contribution >= 0.6 is 0 Å². The predicted molar refractivity (Wildman–Crippen MR) is 107 cm³/mol. The quantitative estimate of drug-likeness (QED) is 0.762. The molecule has 7 nitrogen and oxygen atoms in total. The lowest BCUT2D eigenvalue weighted by molar-refractivity contribution is -0.142. The first-order valence-corrected chi connectivity index (χ1v) is 10.4. The maximum absolute atomic E-state index is 13.5. The van der Waals surface area contributed by atoms with Crippen LogP contribution in [0, 0.1) is 11.3 Å². The van der Waals surface area contributed by atoms with E-state index in [1.807, 2.05) is 34.1 Å². The first kappa shape index (κ1) is 19.7. The monoisotopic (exact) mass is 399 g/mol. The van der Waals surface area contributed by atoms with Gasteiger partial charge in [0, 0.05) is 52.1 Å². The van der Waals surface area contributed by atoms with E-state index in [0.717, 1.165) is 37.2 Å². The number of amides is 3. The Morgan fingerprint density at radius 3 is 2.45 bits per heavy atom. The first-order valence-electron chi connectivity index (χ1n) is 10.4. The van der Waals surface area contributed by atoms with Crippen molar-refractivity contribution < 1.29 is 19.1 Å². The molecule has 0 aliphatic carbocycles. The van der Waals surface area contributed by atoms with Crippen molar-refractivity contribution in [3.05, 3.63) is 29.8 Å². The van der Waals surface area contributed by atoms with Gasteiger partial charge in [0.15, 0.2) is 0 Å². The van der Waals surface area contributed by atoms with Crippen LogP contribution in [-0.4, -0.2) is 78.8 Å². The van der Waals surface area contributed by atoms with Crippen LogP contribution in [0.2, 0.25) is 0 Å². The van der Waals surface area contributed by atoms with Gasteiger partial charge in [-0.15, -0.1) is 0 Å². The molecule has 4 rings (SSSR count). The second-order valence-corrected chi connectivity index (χ2v) is 8.55. The van der Waals surface area contributed by atoms with Gasteiger partial charge in [0.2, 0.25) is 17.7 Å². The minimum atomic E-state index is -0.653. The highest BCUT2D eigenvalue weighted by Gasteiger charge is 2.59. The van der Waals surface area contributed by atoms with E-state index in [1.165, 1.54) is 0 Å². The van der Waals surface area contributed by atoms with Gasteiger partial charge >= 0.3 is 0 Å². The fraction of sp³-hybridized carbons (Fsp3) is 0.591. The molecule has 1 aromatic carbocycles. The van der Waals surface area contributed by atoms with Crippen molar-refractivity contribution in [2.45, 2.75) is 26.2 Å². The molecule has 2 atom stereocenters. The van der Waals surface area contributed by atoms with Crippen molar-refractivity contribution in [3.63, 3.8) is 0 Å². The van der Waals surface area contributed by atoms with E-state index in [-0.39, 0.29) is 30.1 Å². The smallest absolute Gasteiger partial charge is 0.232 e. The summed E-state index contributed by atoms with van der Waals surface area (Å²) in [4.78, 5) is 44.0. The number of hydrogen-bond donors (Lipinski definition) is 0. The third kappa shape index (κ3) is 3.58. The predicted octanol–water partition coefficient (Wildman–Crippen LogP) is 1.17. The van der Waals surface area contributed by atoms with Crippen molar-refractivity contribution in [3.8, 4) is 5.75 Å². The summed E-state index contributed by atoms with van der Waals surface area (Å²) < 4.78 is 5.25. The Kier molecular flexibility index (Phi) is 5.23. The summed E-state index contributed by atoms with van der Waals surface area (Å²) in [7, 11) is 1.61. The van der Waals surface area contributed by atoms with E-state index in [2.05, 4.69) is 0 Å². The molecule has 0 spiro atoms. The van der Waals surface area contributed by atoms with Crippen LogP contribution < -0.4 is 4.74 Å². The second-order valence-electron chi connectivity index (χ2n) is 8.55. The average Bonchev–Trinajstić information content (AvgIpc) is 3.42. The highest BCUT2D eigenvalue weighted by molar-refractivity contribution is 5.88. The van der Waals surface area contributed by atoms with Gasteiger partial charge in [-0.05, 0) is 30.5 Å². The molecule has 3 amide bonds. The van der Waals surface area contributed by atoms with Crippen LogP contribution in [0.15, 0.2) is 24.3 Å². The average molecular weight is 399 g/mol. The van der Waals surface area contributed by atoms with E-state index in [0.29, 0.717) is 26.2 Å². The number of ether oxygens (including phenoxy) is 1. The molecular weight excluding hydrogens is 370 g/mol. The van der Waals surface area contributed by atoms with Gasteiger partial charge in [-0.3, -0.25) is 14.4 Å². The maximum Gasteiger partial charge on any atom is 0.232 e. The Hall–Kier alpha value is -2.57. The van der Waals surface area contributed by atoms with Gasteiger partial charge in [0.05, 0.1) is 18.9 Å². The third-order valence-electron chi connectivity index (χ3n) is 6.72. The molecular formula is C22H29N3O4. The first-order chi connectivity index (χ1) is 13.9. The summed E-state index contributed by atoms with van der Waals surface area (Å²) >= 11 is 0.